The Balaban J connectivity index is 3.01. The Morgan fingerprint density at radius 1 is 1.33 bits per heavy atom. The van der Waals surface area contributed by atoms with Crippen LogP contribution in [0.1, 0.15) is 36.3 Å². The van der Waals surface area contributed by atoms with E-state index in [0.717, 1.165) is 22.1 Å². The summed E-state index contributed by atoms with van der Waals surface area (Å²) in [6, 6.07) is 0. The van der Waals surface area contributed by atoms with E-state index in [9.17, 15) is 5.11 Å². The van der Waals surface area contributed by atoms with Crippen LogP contribution in [0.2, 0.25) is 0 Å². The number of rotatable bonds is 3. The summed E-state index contributed by atoms with van der Waals surface area (Å²) in [5.41, 5.74) is 1.05. The van der Waals surface area contributed by atoms with Gasteiger partial charge in [-0.25, -0.2) is 4.98 Å². The van der Waals surface area contributed by atoms with E-state index in [-0.39, 0.29) is 12.0 Å². The molecule has 4 heteroatoms. The van der Waals surface area contributed by atoms with Gasteiger partial charge in [-0.1, -0.05) is 20.8 Å². The molecule has 0 aliphatic carbocycles. The van der Waals surface area contributed by atoms with Gasteiger partial charge in [0.2, 0.25) is 0 Å². The van der Waals surface area contributed by atoms with Gasteiger partial charge in [0.05, 0.1) is 17.2 Å². The fourth-order valence-corrected chi connectivity index (χ4v) is 2.69. The highest BCUT2D eigenvalue weighted by Gasteiger charge is 2.22. The zero-order chi connectivity index (χ0) is 11.6. The van der Waals surface area contributed by atoms with Crippen molar-refractivity contribution >= 4 is 11.3 Å². The lowest BCUT2D eigenvalue weighted by atomic mass is 9.91. The molecule has 0 atom stereocenters. The lowest BCUT2D eigenvalue weighted by molar-refractivity contribution is 0.282. The van der Waals surface area contributed by atoms with E-state index < -0.39 is 0 Å². The zero-order valence-electron chi connectivity index (χ0n) is 10.2. The SMILES string of the molecule is CN(C)Cc1nc(C(C)(C)C)c(CO)s1. The first kappa shape index (κ1) is 12.6. The van der Waals surface area contributed by atoms with Crippen LogP contribution in [-0.2, 0) is 18.6 Å². The van der Waals surface area contributed by atoms with Gasteiger partial charge in [-0.3, -0.25) is 0 Å². The van der Waals surface area contributed by atoms with Gasteiger partial charge < -0.3 is 10.0 Å². The second-order valence-electron chi connectivity index (χ2n) is 5.03. The summed E-state index contributed by atoms with van der Waals surface area (Å²) < 4.78 is 0. The van der Waals surface area contributed by atoms with E-state index in [1.54, 1.807) is 11.3 Å². The van der Waals surface area contributed by atoms with E-state index in [4.69, 9.17) is 0 Å². The van der Waals surface area contributed by atoms with E-state index in [0.29, 0.717) is 0 Å². The van der Waals surface area contributed by atoms with Crippen LogP contribution in [0, 0.1) is 0 Å². The normalized spacial score (nSPS) is 12.5. The molecule has 1 N–H and O–H groups in total. The quantitative estimate of drug-likeness (QED) is 0.859. The summed E-state index contributed by atoms with van der Waals surface area (Å²) in [7, 11) is 4.05. The number of nitrogens with zero attached hydrogens (tertiary/aromatic N) is 2. The summed E-state index contributed by atoms with van der Waals surface area (Å²) >= 11 is 1.61. The van der Waals surface area contributed by atoms with Gasteiger partial charge in [-0.15, -0.1) is 11.3 Å². The van der Waals surface area contributed by atoms with Crippen LogP contribution in [0.5, 0.6) is 0 Å². The van der Waals surface area contributed by atoms with Crippen LogP contribution in [-0.4, -0.2) is 29.1 Å². The summed E-state index contributed by atoms with van der Waals surface area (Å²) in [5.74, 6) is 0. The summed E-state index contributed by atoms with van der Waals surface area (Å²) in [6.07, 6.45) is 0. The summed E-state index contributed by atoms with van der Waals surface area (Å²) in [6.45, 7) is 7.31. The van der Waals surface area contributed by atoms with Crippen molar-refractivity contribution < 1.29 is 5.11 Å². The van der Waals surface area contributed by atoms with E-state index >= 15 is 0 Å². The number of aromatic nitrogens is 1. The number of hydrogen-bond donors (Lipinski definition) is 1. The maximum Gasteiger partial charge on any atom is 0.107 e. The Labute approximate surface area is 95.8 Å². The van der Waals surface area contributed by atoms with Gasteiger partial charge in [-0.2, -0.15) is 0 Å². The monoisotopic (exact) mass is 228 g/mol. The number of aliphatic hydroxyl groups excluding tert-OH is 1. The number of aliphatic hydroxyl groups is 1. The minimum absolute atomic E-state index is 0.0130. The Morgan fingerprint density at radius 2 is 1.93 bits per heavy atom. The molecule has 0 radical (unpaired) electrons. The number of hydrogen-bond acceptors (Lipinski definition) is 4. The molecule has 0 saturated carbocycles. The molecule has 0 fully saturated rings. The van der Waals surface area contributed by atoms with Crippen LogP contribution in [0.15, 0.2) is 0 Å². The smallest absolute Gasteiger partial charge is 0.107 e. The van der Waals surface area contributed by atoms with Gasteiger partial charge in [0.15, 0.2) is 0 Å². The first-order valence-corrected chi connectivity index (χ1v) is 5.91. The molecular weight excluding hydrogens is 208 g/mol. The van der Waals surface area contributed by atoms with Gasteiger partial charge in [-0.05, 0) is 14.1 Å². The predicted molar refractivity (Wildman–Crippen MR) is 64.1 cm³/mol. The molecule has 86 valence electrons. The fourth-order valence-electron chi connectivity index (χ4n) is 1.43. The molecule has 0 amide bonds. The van der Waals surface area contributed by atoms with Crippen LogP contribution >= 0.6 is 11.3 Å². The largest absolute Gasteiger partial charge is 0.391 e. The van der Waals surface area contributed by atoms with Crippen molar-refractivity contribution in [3.05, 3.63) is 15.6 Å². The van der Waals surface area contributed by atoms with Crippen molar-refractivity contribution in [3.8, 4) is 0 Å². The lowest BCUT2D eigenvalue weighted by Crippen LogP contribution is -2.15. The zero-order valence-corrected chi connectivity index (χ0v) is 11.0. The van der Waals surface area contributed by atoms with E-state index in [2.05, 4.69) is 30.7 Å². The van der Waals surface area contributed by atoms with E-state index in [1.165, 1.54) is 0 Å². The third-order valence-corrected chi connectivity index (χ3v) is 3.07. The minimum Gasteiger partial charge on any atom is -0.391 e. The van der Waals surface area contributed by atoms with Crippen molar-refractivity contribution in [3.63, 3.8) is 0 Å². The predicted octanol–water partition coefficient (Wildman–Crippen LogP) is 1.99. The topological polar surface area (TPSA) is 36.4 Å². The highest BCUT2D eigenvalue weighted by molar-refractivity contribution is 7.11. The Kier molecular flexibility index (Phi) is 3.87. The molecule has 0 aliphatic rings. The summed E-state index contributed by atoms with van der Waals surface area (Å²) in [5, 5.41) is 10.4. The van der Waals surface area contributed by atoms with Crippen molar-refractivity contribution in [2.24, 2.45) is 0 Å². The summed E-state index contributed by atoms with van der Waals surface area (Å²) in [4.78, 5) is 7.70. The molecule has 1 aromatic heterocycles. The third kappa shape index (κ3) is 3.26. The van der Waals surface area contributed by atoms with Gasteiger partial charge in [0.1, 0.15) is 5.01 Å². The standard InChI is InChI=1S/C11H20N2OS/c1-11(2,3)10-8(7-14)15-9(12-10)6-13(4)5/h14H,6-7H2,1-5H3. The minimum atomic E-state index is 0.0130. The first-order chi connectivity index (χ1) is 6.84. The second-order valence-corrected chi connectivity index (χ2v) is 6.19. The van der Waals surface area contributed by atoms with Gasteiger partial charge in [0, 0.05) is 12.0 Å². The molecule has 0 unspecified atom stereocenters. The van der Waals surface area contributed by atoms with Crippen LogP contribution < -0.4 is 0 Å². The Hall–Kier alpha value is -0.450. The van der Waals surface area contributed by atoms with Crippen molar-refractivity contribution in [1.29, 1.82) is 0 Å². The molecular formula is C11H20N2OS. The average Bonchev–Trinajstić information content (AvgIpc) is 2.45. The van der Waals surface area contributed by atoms with Crippen LogP contribution in [0.3, 0.4) is 0 Å². The molecule has 1 aromatic rings. The van der Waals surface area contributed by atoms with Crippen LogP contribution in [0.25, 0.3) is 0 Å². The molecule has 0 aliphatic heterocycles. The molecule has 1 rings (SSSR count). The maximum atomic E-state index is 9.29. The highest BCUT2D eigenvalue weighted by atomic mass is 32.1. The maximum absolute atomic E-state index is 9.29. The number of thiazole rings is 1. The fraction of sp³-hybridized carbons (Fsp3) is 0.727. The Morgan fingerprint density at radius 3 is 2.27 bits per heavy atom. The highest BCUT2D eigenvalue weighted by Crippen LogP contribution is 2.29. The Bertz CT molecular complexity index is 326. The molecule has 0 aromatic carbocycles. The van der Waals surface area contributed by atoms with Crippen LogP contribution in [0.4, 0.5) is 0 Å². The molecule has 1 heterocycles. The average molecular weight is 228 g/mol. The molecule has 0 saturated heterocycles. The third-order valence-electron chi connectivity index (χ3n) is 2.05. The molecule has 0 bridgehead atoms. The van der Waals surface area contributed by atoms with Crippen molar-refractivity contribution in [2.75, 3.05) is 14.1 Å². The van der Waals surface area contributed by atoms with Crippen molar-refractivity contribution in [1.82, 2.24) is 9.88 Å². The van der Waals surface area contributed by atoms with E-state index in [1.807, 2.05) is 14.1 Å². The lowest BCUT2D eigenvalue weighted by Gasteiger charge is -2.16. The van der Waals surface area contributed by atoms with Crippen molar-refractivity contribution in [2.45, 2.75) is 39.3 Å². The first-order valence-electron chi connectivity index (χ1n) is 5.09. The second kappa shape index (κ2) is 4.60. The van der Waals surface area contributed by atoms with Gasteiger partial charge in [0.25, 0.3) is 0 Å². The molecule has 0 spiro atoms. The molecule has 3 nitrogen and oxygen atoms in total. The molecule has 15 heavy (non-hydrogen) atoms. The van der Waals surface area contributed by atoms with Gasteiger partial charge >= 0.3 is 0 Å².